The first kappa shape index (κ1) is 33.1. The Hall–Kier alpha value is -4.30. The van der Waals surface area contributed by atoms with Crippen LogP contribution in [0.25, 0.3) is 27.2 Å². The molecule has 0 unspecified atom stereocenters. The number of unbranched alkanes of at least 4 members (excludes halogenated alkanes) is 1. The minimum atomic E-state index is 0.808. The Kier molecular flexibility index (Phi) is 10.7. The second-order valence-corrected chi connectivity index (χ2v) is 13.0. The molecule has 0 saturated carbocycles. The fourth-order valence-corrected chi connectivity index (χ4v) is 7.18. The predicted octanol–water partition coefficient (Wildman–Crippen LogP) is 10.4. The van der Waals surface area contributed by atoms with Crippen molar-refractivity contribution in [2.24, 2.45) is 0 Å². The summed E-state index contributed by atoms with van der Waals surface area (Å²) in [6, 6.07) is 33.3. The fraction of sp³-hybridized carbons (Fsp3) is 0.326. The molecule has 0 aliphatic heterocycles. The van der Waals surface area contributed by atoms with E-state index in [1.807, 2.05) is 6.07 Å². The monoisotopic (exact) mass is 611 g/mol. The molecule has 0 aliphatic rings. The van der Waals surface area contributed by atoms with Crippen LogP contribution in [0.2, 0.25) is 0 Å². The Morgan fingerprint density at radius 2 is 1.48 bits per heavy atom. The highest BCUT2D eigenvalue weighted by molar-refractivity contribution is 5.92. The number of quaternary nitrogens is 1. The maximum absolute atomic E-state index is 5.68. The molecule has 238 valence electrons. The molecule has 3 heteroatoms. The molecule has 0 atom stereocenters. The van der Waals surface area contributed by atoms with E-state index in [9.17, 15) is 0 Å². The number of benzene rings is 5. The molecule has 5 aromatic carbocycles. The maximum Gasteiger partial charge on any atom is 0.126 e. The third-order valence-electron chi connectivity index (χ3n) is 9.78. The average molecular weight is 612 g/mol. The maximum atomic E-state index is 5.68. The van der Waals surface area contributed by atoms with Gasteiger partial charge in [-0.1, -0.05) is 84.4 Å². The van der Waals surface area contributed by atoms with Crippen LogP contribution in [0.15, 0.2) is 103 Å². The van der Waals surface area contributed by atoms with E-state index in [0.29, 0.717) is 0 Å². The van der Waals surface area contributed by atoms with Crippen molar-refractivity contribution in [1.29, 1.82) is 0 Å². The van der Waals surface area contributed by atoms with E-state index < -0.39 is 0 Å². The standard InChI is InChI=1S/C43H51N2O/c1-8-42(40-29-39-18-15-19-43(46-7)41(39)27-34(40)6)44(30-35-20-21-37-16-11-12-17-38(37)28-35)22-13-14-23-45(9-2,10-3)31-36-25-32(4)24-33(5)26-36/h11-12,15-21,24-29H,1,9-10,13-14,22-23,30-31H2,2-7H3/q+1. The summed E-state index contributed by atoms with van der Waals surface area (Å²) in [6.45, 7) is 21.9. The zero-order valence-electron chi connectivity index (χ0n) is 28.8. The van der Waals surface area contributed by atoms with Gasteiger partial charge in [0.2, 0.25) is 0 Å². The second kappa shape index (κ2) is 14.9. The number of aryl methyl sites for hydroxylation is 3. The van der Waals surface area contributed by atoms with Crippen LogP contribution in [0, 0.1) is 20.8 Å². The summed E-state index contributed by atoms with van der Waals surface area (Å²) >= 11 is 0. The van der Waals surface area contributed by atoms with E-state index in [1.165, 1.54) is 57.1 Å². The van der Waals surface area contributed by atoms with Crippen LogP contribution in [-0.4, -0.2) is 42.7 Å². The summed E-state index contributed by atoms with van der Waals surface area (Å²) in [5, 5.41) is 4.84. The third kappa shape index (κ3) is 7.56. The Balaban J connectivity index is 1.41. The zero-order chi connectivity index (χ0) is 32.7. The van der Waals surface area contributed by atoms with Gasteiger partial charge in [-0.2, -0.15) is 0 Å². The van der Waals surface area contributed by atoms with Gasteiger partial charge in [0, 0.05) is 29.6 Å². The molecule has 3 nitrogen and oxygen atoms in total. The van der Waals surface area contributed by atoms with Gasteiger partial charge in [0.25, 0.3) is 0 Å². The quantitative estimate of drug-likeness (QED) is 0.0704. The van der Waals surface area contributed by atoms with Crippen LogP contribution in [0.3, 0.4) is 0 Å². The minimum Gasteiger partial charge on any atom is -0.496 e. The number of ether oxygens (including phenoxy) is 1. The number of methoxy groups -OCH3 is 1. The summed E-state index contributed by atoms with van der Waals surface area (Å²) in [7, 11) is 1.74. The first-order chi connectivity index (χ1) is 22.3. The van der Waals surface area contributed by atoms with Crippen LogP contribution in [0.1, 0.15) is 60.1 Å². The highest BCUT2D eigenvalue weighted by Crippen LogP contribution is 2.33. The predicted molar refractivity (Wildman–Crippen MR) is 197 cm³/mol. The van der Waals surface area contributed by atoms with Gasteiger partial charge >= 0.3 is 0 Å². The Bertz CT molecular complexity index is 1840. The van der Waals surface area contributed by atoms with Crippen molar-refractivity contribution in [3.8, 4) is 5.75 Å². The van der Waals surface area contributed by atoms with Gasteiger partial charge in [-0.05, 0) is 99.0 Å². The SMILES string of the molecule is C=C=C(c1cc2cccc(OC)c2cc1C)N(CCCC[N+](CC)(CC)Cc1cc(C)cc(C)c1)Cc1ccc2ccccc2c1. The van der Waals surface area contributed by atoms with E-state index >= 15 is 0 Å². The van der Waals surface area contributed by atoms with Crippen LogP contribution in [-0.2, 0) is 13.1 Å². The van der Waals surface area contributed by atoms with Gasteiger partial charge < -0.3 is 14.1 Å². The van der Waals surface area contributed by atoms with Gasteiger partial charge in [0.1, 0.15) is 12.3 Å². The average Bonchev–Trinajstić information content (AvgIpc) is 3.05. The van der Waals surface area contributed by atoms with E-state index in [2.05, 4.69) is 137 Å². The van der Waals surface area contributed by atoms with Crippen molar-refractivity contribution in [2.75, 3.05) is 33.3 Å². The number of rotatable bonds is 14. The molecule has 0 saturated heterocycles. The second-order valence-electron chi connectivity index (χ2n) is 13.0. The van der Waals surface area contributed by atoms with Gasteiger partial charge in [-0.25, -0.2) is 0 Å². The van der Waals surface area contributed by atoms with Crippen molar-refractivity contribution in [2.45, 2.75) is 60.5 Å². The summed E-state index contributed by atoms with van der Waals surface area (Å²) in [5.74, 6) is 0.901. The van der Waals surface area contributed by atoms with Crippen LogP contribution >= 0.6 is 0 Å². The molecule has 0 aromatic heterocycles. The van der Waals surface area contributed by atoms with Crippen LogP contribution < -0.4 is 4.74 Å². The highest BCUT2D eigenvalue weighted by Gasteiger charge is 2.24. The molecule has 0 bridgehead atoms. The number of hydrogen-bond acceptors (Lipinski definition) is 2. The van der Waals surface area contributed by atoms with E-state index in [1.54, 1.807) is 7.11 Å². The number of hydrogen-bond donors (Lipinski definition) is 0. The molecule has 5 rings (SSSR count). The first-order valence-corrected chi connectivity index (χ1v) is 16.9. The van der Waals surface area contributed by atoms with Gasteiger partial charge in [0.15, 0.2) is 0 Å². The van der Waals surface area contributed by atoms with Crippen molar-refractivity contribution >= 4 is 27.2 Å². The summed E-state index contributed by atoms with van der Waals surface area (Å²) in [5.41, 5.74) is 12.3. The Morgan fingerprint density at radius 3 is 2.17 bits per heavy atom. The molecule has 0 N–H and O–H groups in total. The third-order valence-corrected chi connectivity index (χ3v) is 9.78. The Labute approximate surface area is 277 Å². The largest absolute Gasteiger partial charge is 0.496 e. The van der Waals surface area contributed by atoms with Crippen molar-refractivity contribution in [1.82, 2.24) is 4.90 Å². The molecular formula is C43H51N2O+. The molecule has 0 aliphatic carbocycles. The lowest BCUT2D eigenvalue weighted by Crippen LogP contribution is -2.47. The Morgan fingerprint density at radius 1 is 0.761 bits per heavy atom. The van der Waals surface area contributed by atoms with Crippen LogP contribution in [0.4, 0.5) is 0 Å². The minimum absolute atomic E-state index is 0.808. The topological polar surface area (TPSA) is 12.5 Å². The molecular weight excluding hydrogens is 560 g/mol. The molecule has 0 amide bonds. The fourth-order valence-electron chi connectivity index (χ4n) is 7.18. The lowest BCUT2D eigenvalue weighted by atomic mass is 9.98. The van der Waals surface area contributed by atoms with Crippen molar-refractivity contribution in [3.05, 3.63) is 137 Å². The molecule has 0 fully saturated rings. The summed E-state index contributed by atoms with van der Waals surface area (Å²) < 4.78 is 6.80. The van der Waals surface area contributed by atoms with E-state index in [4.69, 9.17) is 4.74 Å². The lowest BCUT2D eigenvalue weighted by molar-refractivity contribution is -0.938. The summed E-state index contributed by atoms with van der Waals surface area (Å²) in [4.78, 5) is 2.50. The molecule has 46 heavy (non-hydrogen) atoms. The highest BCUT2D eigenvalue weighted by atomic mass is 16.5. The van der Waals surface area contributed by atoms with Crippen LogP contribution in [0.5, 0.6) is 5.75 Å². The van der Waals surface area contributed by atoms with Gasteiger partial charge in [0.05, 0.1) is 32.4 Å². The smallest absolute Gasteiger partial charge is 0.126 e. The summed E-state index contributed by atoms with van der Waals surface area (Å²) in [6.07, 6.45) is 2.27. The van der Waals surface area contributed by atoms with Crippen molar-refractivity contribution in [3.63, 3.8) is 0 Å². The van der Waals surface area contributed by atoms with Gasteiger partial charge in [-0.15, -0.1) is 5.73 Å². The molecule has 5 aromatic rings. The molecule has 0 heterocycles. The first-order valence-electron chi connectivity index (χ1n) is 16.9. The normalized spacial score (nSPS) is 11.5. The van der Waals surface area contributed by atoms with Crippen molar-refractivity contribution < 1.29 is 9.22 Å². The van der Waals surface area contributed by atoms with E-state index in [-0.39, 0.29) is 0 Å². The molecule has 0 radical (unpaired) electrons. The van der Waals surface area contributed by atoms with E-state index in [0.717, 1.165) is 65.8 Å². The van der Waals surface area contributed by atoms with Gasteiger partial charge in [-0.3, -0.25) is 0 Å². The zero-order valence-corrected chi connectivity index (χ0v) is 28.8. The number of fused-ring (bicyclic) bond motifs is 2. The number of nitrogens with zero attached hydrogens (tertiary/aromatic N) is 2. The molecule has 0 spiro atoms. The lowest BCUT2D eigenvalue weighted by Gasteiger charge is -2.37.